The summed E-state index contributed by atoms with van der Waals surface area (Å²) >= 11 is 9.41. The van der Waals surface area contributed by atoms with E-state index < -0.39 is 0 Å². The van der Waals surface area contributed by atoms with Crippen LogP contribution in [0.4, 0.5) is 27.7 Å². The van der Waals surface area contributed by atoms with Gasteiger partial charge >= 0.3 is 0 Å². The van der Waals surface area contributed by atoms with Crippen molar-refractivity contribution >= 4 is 74.4 Å². The molecule has 4 saturated carbocycles. The van der Waals surface area contributed by atoms with Gasteiger partial charge in [0.1, 0.15) is 34.6 Å². The molecule has 0 unspecified atom stereocenters. The van der Waals surface area contributed by atoms with E-state index in [2.05, 4.69) is 37.2 Å². The second kappa shape index (κ2) is 42.9. The molecule has 132 heavy (non-hydrogen) atoms. The lowest BCUT2D eigenvalue weighted by Gasteiger charge is -2.24. The van der Waals surface area contributed by atoms with E-state index in [1.54, 1.807) is 78.9 Å². The number of halogens is 3. The number of phenols is 5. The Labute approximate surface area is 783 Å². The Morgan fingerprint density at radius 3 is 0.803 bits per heavy atom. The van der Waals surface area contributed by atoms with Crippen LogP contribution >= 0.6 is 27.5 Å². The van der Waals surface area contributed by atoms with Gasteiger partial charge in [0.25, 0.3) is 0 Å². The minimum Gasteiger partial charge on any atom is -0.508 e. The number of nitrogens with one attached hydrogen (secondary N) is 4. The summed E-state index contributed by atoms with van der Waals surface area (Å²) in [5.74, 6) is 5.05. The summed E-state index contributed by atoms with van der Waals surface area (Å²) in [6.07, 6.45) is 35.0. The number of phenolic OH excluding ortho intramolecular Hbond substituents is 5. The Hall–Kier alpha value is -12.3. The molecule has 4 amide bonds. The van der Waals surface area contributed by atoms with E-state index in [-0.39, 0.29) is 77.5 Å². The molecule has 4 fully saturated rings. The third-order valence-corrected chi connectivity index (χ3v) is 27.8. The summed E-state index contributed by atoms with van der Waals surface area (Å²) in [5, 5.41) is 61.9. The number of anilines is 4. The summed E-state index contributed by atoms with van der Waals surface area (Å²) in [4.78, 5) is 91.3. The van der Waals surface area contributed by atoms with Gasteiger partial charge in [-0.15, -0.1) is 0 Å². The Bertz CT molecular complexity index is 5430. The summed E-state index contributed by atoms with van der Waals surface area (Å²) in [6, 6.07) is 49.6. The number of aromatic nitrogens is 8. The Balaban J connectivity index is 0.000000123. The molecule has 12 aromatic rings. The highest BCUT2D eigenvalue weighted by atomic mass is 79.9. The van der Waals surface area contributed by atoms with Crippen molar-refractivity contribution in [2.75, 3.05) is 21.3 Å². The highest BCUT2D eigenvalue weighted by Gasteiger charge is 2.32. The monoisotopic (exact) mass is 1850 g/mol. The molecule has 0 spiro atoms. The van der Waals surface area contributed by atoms with Crippen LogP contribution in [-0.4, -0.2) is 89.0 Å². The van der Waals surface area contributed by atoms with Crippen LogP contribution in [0.1, 0.15) is 218 Å². The molecular weight excluding hydrogens is 1740 g/mol. The van der Waals surface area contributed by atoms with Gasteiger partial charge in [-0.3, -0.25) is 19.2 Å². The highest BCUT2D eigenvalue weighted by Crippen LogP contribution is 2.43. The maximum Gasteiger partial charge on any atom is 0.229 e. The van der Waals surface area contributed by atoms with Gasteiger partial charge in [0.05, 0.1) is 94.0 Å². The largest absolute Gasteiger partial charge is 0.508 e. The van der Waals surface area contributed by atoms with Crippen molar-refractivity contribution in [2.24, 2.45) is 23.7 Å². The lowest BCUT2D eigenvalue weighted by Crippen LogP contribution is -2.21. The van der Waals surface area contributed by atoms with Crippen molar-refractivity contribution in [3.63, 3.8) is 0 Å². The fourth-order valence-corrected chi connectivity index (χ4v) is 20.5. The molecule has 20 rings (SSSR count). The Morgan fingerprint density at radius 2 is 0.538 bits per heavy atom. The number of carbonyl (C=O) groups excluding carboxylic acids is 4. The molecular formula is C108H113BrClFN12O9. The number of benzene rings is 8. The summed E-state index contributed by atoms with van der Waals surface area (Å²) in [5.41, 5.74) is 22.4. The maximum absolute atomic E-state index is 13.2. The first-order valence-electron chi connectivity index (χ1n) is 47.3. The average molecular weight is 1860 g/mol. The Kier molecular flexibility index (Phi) is 29.8. The maximum atomic E-state index is 13.2. The van der Waals surface area contributed by atoms with Crippen LogP contribution in [0.25, 0.3) is 45.0 Å². The number of hydrogen-bond donors (Lipinski definition) is 9. The fraction of sp³-hybridized carbons (Fsp3) is 0.370. The third-order valence-electron chi connectivity index (χ3n) is 27.1. The molecule has 24 heteroatoms. The topological polar surface area (TPSA) is 321 Å². The first-order chi connectivity index (χ1) is 64.2. The second-order valence-corrected chi connectivity index (χ2v) is 38.3. The van der Waals surface area contributed by atoms with Crippen molar-refractivity contribution in [1.29, 1.82) is 0 Å². The van der Waals surface area contributed by atoms with E-state index in [9.17, 15) is 49.1 Å². The molecule has 4 aromatic heterocycles. The third kappa shape index (κ3) is 23.7. The average Bonchev–Trinajstić information content (AvgIpc) is 0.782. The number of aromatic hydroxyl groups is 5. The summed E-state index contributed by atoms with van der Waals surface area (Å²) < 4.78 is 14.2. The van der Waals surface area contributed by atoms with Crippen molar-refractivity contribution in [2.45, 2.75) is 231 Å². The molecule has 4 heterocycles. The smallest absolute Gasteiger partial charge is 0.229 e. The van der Waals surface area contributed by atoms with Gasteiger partial charge in [-0.1, -0.05) is 204 Å². The number of carbonyl (C=O) groups is 4. The van der Waals surface area contributed by atoms with Crippen LogP contribution in [-0.2, 0) is 122 Å². The van der Waals surface area contributed by atoms with Crippen LogP contribution in [0.5, 0.6) is 28.7 Å². The van der Waals surface area contributed by atoms with E-state index in [0.717, 1.165) is 210 Å². The van der Waals surface area contributed by atoms with Crippen LogP contribution in [0.2, 0.25) is 5.02 Å². The van der Waals surface area contributed by atoms with E-state index in [1.165, 1.54) is 141 Å². The molecule has 9 N–H and O–H groups in total. The van der Waals surface area contributed by atoms with Gasteiger partial charge in [0, 0.05) is 31.7 Å². The summed E-state index contributed by atoms with van der Waals surface area (Å²) in [6.45, 7) is 0. The molecule has 8 aliphatic rings. The standard InChI is InChI=1S/C27H28BrN3O2.C27H28ClN3O2.C27H28FN3O2.C27H29N3O3/c3*28-20-9-6-18(7-10-20)15-25(33)31-27-24(14-17-4-2-1-3-5-17)29-26-22-12-11-21(32)16-19(22)8-13-23(26)30-27;31-20-9-6-18(7-10-20)15-25(33)30-27-24(14-17-4-2-1-3-5-17)28-26-22-12-11-21(32)16-19(22)8-13-23(26)29-27/h3*6-7,9-12,16-17,32H,1-5,8,13-15H2,(H,30,31,33);6-7,9-12,16-17,31-32H,1-5,8,13-15H2,(H,29,30,33). The van der Waals surface area contributed by atoms with Gasteiger partial charge < -0.3 is 46.8 Å². The quantitative estimate of drug-likeness (QED) is 0.0342. The molecule has 0 bridgehead atoms. The van der Waals surface area contributed by atoms with Crippen molar-refractivity contribution in [3.8, 4) is 73.8 Å². The van der Waals surface area contributed by atoms with Crippen molar-refractivity contribution in [1.82, 2.24) is 39.9 Å². The number of nitrogens with zero attached hydrogens (tertiary/aromatic N) is 8. The lowest BCUT2D eigenvalue weighted by atomic mass is 9.85. The van der Waals surface area contributed by atoms with Gasteiger partial charge in [-0.25, -0.2) is 44.3 Å². The van der Waals surface area contributed by atoms with Crippen LogP contribution in [0.15, 0.2) is 174 Å². The lowest BCUT2D eigenvalue weighted by molar-refractivity contribution is -0.116. The van der Waals surface area contributed by atoms with Gasteiger partial charge in [-0.2, -0.15) is 0 Å². The number of fused-ring (bicyclic) bond motifs is 12. The minimum atomic E-state index is -0.317. The molecule has 21 nitrogen and oxygen atoms in total. The predicted molar refractivity (Wildman–Crippen MR) is 517 cm³/mol. The number of amides is 4. The molecule has 680 valence electrons. The predicted octanol–water partition coefficient (Wildman–Crippen LogP) is 22.3. The fourth-order valence-electron chi connectivity index (χ4n) is 20.2. The number of hydrogen-bond acceptors (Lipinski definition) is 17. The van der Waals surface area contributed by atoms with E-state index in [1.807, 2.05) is 78.9 Å². The number of rotatable bonds is 20. The second-order valence-electron chi connectivity index (χ2n) is 36.9. The summed E-state index contributed by atoms with van der Waals surface area (Å²) in [7, 11) is 0. The normalized spacial score (nSPS) is 15.5. The van der Waals surface area contributed by atoms with Crippen LogP contribution < -0.4 is 21.3 Å². The Morgan fingerprint density at radius 1 is 0.303 bits per heavy atom. The molecule has 0 radical (unpaired) electrons. The molecule has 0 atom stereocenters. The van der Waals surface area contributed by atoms with E-state index in [0.29, 0.717) is 64.8 Å². The van der Waals surface area contributed by atoms with Crippen molar-refractivity contribution in [3.05, 3.63) is 275 Å². The molecule has 8 aromatic carbocycles. The van der Waals surface area contributed by atoms with Crippen LogP contribution in [0, 0.1) is 29.5 Å². The number of aryl methyl sites for hydroxylation is 8. The SMILES string of the molecule is O=C(Cc1ccc(Br)cc1)Nc1nc2c(nc1CC1CCCCC1)-c1ccc(O)cc1CC2.O=C(Cc1ccc(Cl)cc1)Nc1nc2c(nc1CC1CCCCC1)-c1ccc(O)cc1CC2.O=C(Cc1ccc(F)cc1)Nc1nc2c(nc1CC1CCCCC1)-c1ccc(O)cc1CC2.O=C(Cc1ccc(O)cc1)Nc1nc2c(nc1CC1CCCCC1)-c1ccc(O)cc1CC2. The van der Waals surface area contributed by atoms with Crippen molar-refractivity contribution < 1.29 is 49.1 Å². The zero-order chi connectivity index (χ0) is 91.1. The highest BCUT2D eigenvalue weighted by molar-refractivity contribution is 9.10. The molecule has 0 saturated heterocycles. The van der Waals surface area contributed by atoms with Gasteiger partial charge in [0.2, 0.25) is 23.6 Å². The van der Waals surface area contributed by atoms with Gasteiger partial charge in [-0.05, 0) is 267 Å². The van der Waals surface area contributed by atoms with Gasteiger partial charge in [0.15, 0.2) is 23.3 Å². The molecule has 8 aliphatic carbocycles. The molecule has 0 aliphatic heterocycles. The van der Waals surface area contributed by atoms with E-state index in [4.69, 9.17) is 51.5 Å². The first kappa shape index (κ1) is 91.5. The first-order valence-corrected chi connectivity index (χ1v) is 48.5. The zero-order valence-corrected chi connectivity index (χ0v) is 76.9. The zero-order valence-electron chi connectivity index (χ0n) is 74.5. The van der Waals surface area contributed by atoms with Crippen LogP contribution in [0.3, 0.4) is 0 Å². The van der Waals surface area contributed by atoms with E-state index >= 15 is 0 Å². The minimum absolute atomic E-state index is 0.0717.